The average Bonchev–Trinajstić information content (AvgIpc) is 3.08. The van der Waals surface area contributed by atoms with E-state index >= 15 is 0 Å². The number of ketones is 1. The normalized spacial score (nSPS) is 39.5. The lowest BCUT2D eigenvalue weighted by atomic mass is 9.36. The quantitative estimate of drug-likeness (QED) is 0.217. The average molecular weight is 707 g/mol. The number of ether oxygens (including phenoxy) is 3. The van der Waals surface area contributed by atoms with E-state index in [9.17, 15) is 19.5 Å². The van der Waals surface area contributed by atoms with Gasteiger partial charge in [0.05, 0.1) is 24.7 Å². The Kier molecular flexibility index (Phi) is 11.5. The molecule has 51 heavy (non-hydrogen) atoms. The van der Waals surface area contributed by atoms with Crippen molar-refractivity contribution >= 4 is 17.7 Å². The lowest BCUT2D eigenvalue weighted by molar-refractivity contribution is -0.212. The summed E-state index contributed by atoms with van der Waals surface area (Å²) in [6.07, 6.45) is 10.2. The third kappa shape index (κ3) is 7.50. The number of hydrogen-bond donors (Lipinski definition) is 1. The predicted molar refractivity (Wildman–Crippen MR) is 199 cm³/mol. The van der Waals surface area contributed by atoms with Crippen LogP contribution in [-0.2, 0) is 35.2 Å². The van der Waals surface area contributed by atoms with Crippen LogP contribution >= 0.6 is 0 Å². The van der Waals surface area contributed by atoms with E-state index in [0.717, 1.165) is 63.4 Å². The highest BCUT2D eigenvalue weighted by atomic mass is 16.6. The summed E-state index contributed by atoms with van der Waals surface area (Å²) in [7, 11) is 0. The maximum Gasteiger partial charge on any atom is 0.332 e. The van der Waals surface area contributed by atoms with Gasteiger partial charge in [-0.3, -0.25) is 9.59 Å². The second-order valence-electron chi connectivity index (χ2n) is 19.1. The van der Waals surface area contributed by atoms with Crippen LogP contribution in [0.3, 0.4) is 0 Å². The highest BCUT2D eigenvalue weighted by molar-refractivity contribution is 5.95. The number of fused-ring (bicyclic) bond motifs is 3. The first-order valence-electron chi connectivity index (χ1n) is 19.7. The first-order valence-corrected chi connectivity index (χ1v) is 19.7. The number of benzene rings is 1. The predicted octanol–water partition coefficient (Wildman–Crippen LogP) is 9.05. The van der Waals surface area contributed by atoms with Crippen LogP contribution in [0.1, 0.15) is 132 Å². The number of carbonyl (C=O) groups is 3. The van der Waals surface area contributed by atoms with Gasteiger partial charge >= 0.3 is 11.9 Å². The summed E-state index contributed by atoms with van der Waals surface area (Å²) < 4.78 is 17.1. The summed E-state index contributed by atoms with van der Waals surface area (Å²) >= 11 is 0. The topological polar surface area (TPSA) is 99.1 Å². The third-order valence-electron chi connectivity index (χ3n) is 15.0. The minimum Gasteiger partial charge on any atom is -0.464 e. The van der Waals surface area contributed by atoms with Crippen LogP contribution in [0.4, 0.5) is 0 Å². The van der Waals surface area contributed by atoms with Crippen molar-refractivity contribution in [3.05, 3.63) is 47.5 Å². The number of allylic oxidation sites excluding steroid dienone is 2. The molecular formula is C44H66O7. The highest BCUT2D eigenvalue weighted by Gasteiger charge is 2.68. The van der Waals surface area contributed by atoms with Gasteiger partial charge in [-0.2, -0.15) is 0 Å². The van der Waals surface area contributed by atoms with E-state index in [2.05, 4.69) is 48.5 Å². The molecule has 1 N–H and O–H groups in total. The van der Waals surface area contributed by atoms with Crippen LogP contribution in [0.15, 0.2) is 42.0 Å². The van der Waals surface area contributed by atoms with Gasteiger partial charge in [0.25, 0.3) is 0 Å². The Morgan fingerprint density at radius 2 is 1.55 bits per heavy atom. The van der Waals surface area contributed by atoms with Gasteiger partial charge in [0, 0.05) is 11.3 Å². The Morgan fingerprint density at radius 1 is 0.882 bits per heavy atom. The fraction of sp³-hybridized carbons (Fsp3) is 0.750. The molecule has 0 amide bonds. The van der Waals surface area contributed by atoms with Gasteiger partial charge in [0.2, 0.25) is 0 Å². The molecule has 7 heteroatoms. The van der Waals surface area contributed by atoms with Crippen molar-refractivity contribution in [2.45, 2.75) is 139 Å². The zero-order valence-corrected chi connectivity index (χ0v) is 33.1. The molecule has 7 nitrogen and oxygen atoms in total. The van der Waals surface area contributed by atoms with E-state index < -0.39 is 16.9 Å². The Balaban J connectivity index is 1.28. The number of aliphatic hydroxyl groups excluding tert-OH is 1. The molecule has 0 heterocycles. The Bertz CT molecular complexity index is 1460. The number of aliphatic hydroxyl groups is 1. The molecule has 7 atom stereocenters. The first kappa shape index (κ1) is 39.7. The Hall–Kier alpha value is -2.51. The molecule has 3 fully saturated rings. The van der Waals surface area contributed by atoms with Crippen molar-refractivity contribution in [1.82, 2.24) is 0 Å². The van der Waals surface area contributed by atoms with Gasteiger partial charge in [-0.25, -0.2) is 4.79 Å². The molecule has 0 unspecified atom stereocenters. The molecule has 4 aliphatic carbocycles. The summed E-state index contributed by atoms with van der Waals surface area (Å²) in [4.78, 5) is 39.9. The number of hydrogen-bond acceptors (Lipinski definition) is 7. The number of rotatable bonds is 12. The first-order chi connectivity index (χ1) is 23.8. The van der Waals surface area contributed by atoms with Crippen LogP contribution in [-0.4, -0.2) is 48.8 Å². The molecule has 1 aromatic carbocycles. The van der Waals surface area contributed by atoms with Crippen molar-refractivity contribution < 1.29 is 33.7 Å². The minimum atomic E-state index is -0.579. The van der Waals surface area contributed by atoms with E-state index in [1.54, 1.807) is 0 Å². The molecule has 1 aromatic rings. The largest absolute Gasteiger partial charge is 0.464 e. The molecular weight excluding hydrogens is 640 g/mol. The molecule has 284 valence electrons. The van der Waals surface area contributed by atoms with Gasteiger partial charge in [0.1, 0.15) is 13.2 Å². The smallest absolute Gasteiger partial charge is 0.332 e. The van der Waals surface area contributed by atoms with Crippen LogP contribution in [0.2, 0.25) is 0 Å². The second-order valence-corrected chi connectivity index (χ2v) is 19.1. The van der Waals surface area contributed by atoms with Crippen molar-refractivity contribution in [2.75, 3.05) is 19.8 Å². The summed E-state index contributed by atoms with van der Waals surface area (Å²) in [5, 5.41) is 11.5. The fourth-order valence-corrected chi connectivity index (χ4v) is 11.0. The van der Waals surface area contributed by atoms with Crippen LogP contribution in [0.25, 0.3) is 0 Å². The maximum absolute atomic E-state index is 14.3. The van der Waals surface area contributed by atoms with Gasteiger partial charge in [-0.05, 0) is 123 Å². The summed E-state index contributed by atoms with van der Waals surface area (Å²) in [6.45, 7) is 20.6. The monoisotopic (exact) mass is 706 g/mol. The van der Waals surface area contributed by atoms with E-state index in [4.69, 9.17) is 14.2 Å². The molecule has 5 rings (SSSR count). The van der Waals surface area contributed by atoms with Gasteiger partial charge < -0.3 is 19.3 Å². The number of carbonyl (C=O) groups excluding carboxylic acids is 3. The minimum absolute atomic E-state index is 0.0775. The van der Waals surface area contributed by atoms with E-state index in [1.165, 1.54) is 5.57 Å². The fourth-order valence-electron chi connectivity index (χ4n) is 11.0. The lowest BCUT2D eigenvalue weighted by Crippen LogP contribution is -2.66. The van der Waals surface area contributed by atoms with Crippen LogP contribution in [0.5, 0.6) is 0 Å². The summed E-state index contributed by atoms with van der Waals surface area (Å²) in [5.41, 5.74) is 0.543. The lowest BCUT2D eigenvalue weighted by Gasteiger charge is -2.68. The molecule has 0 saturated heterocycles. The number of esters is 2. The van der Waals surface area contributed by atoms with Crippen molar-refractivity contribution in [3.8, 4) is 0 Å². The van der Waals surface area contributed by atoms with E-state index in [0.29, 0.717) is 19.6 Å². The maximum atomic E-state index is 14.3. The van der Waals surface area contributed by atoms with E-state index in [1.807, 2.05) is 50.3 Å². The zero-order valence-electron chi connectivity index (χ0n) is 33.1. The van der Waals surface area contributed by atoms with Crippen molar-refractivity contribution in [2.24, 2.45) is 50.2 Å². The SMILES string of the molecule is CC1=CC(=O)[C@@H]2[C@@]3(C)CC[C@H](O)[C@@](C)(COCC(=O)OCC(C)C)[C@@H]3CC[C@@]2(C)[C@]1(C)CC[C@]1(C)CC[C@@](C)(C(=O)OCc2ccccc2)CC1. The van der Waals surface area contributed by atoms with Gasteiger partial charge in [0.15, 0.2) is 5.78 Å². The molecule has 0 aromatic heterocycles. The standard InChI is InChI=1S/C44H66O7/c1-30(2)26-50-36(47)28-49-29-42(7)34-15-18-44(9)37(41(34,6)17-16-35(42)46)33(45)25-31(3)43(44,8)24-21-39(4)19-22-40(5,23-20-39)38(48)51-27-32-13-11-10-12-14-32/h10-14,25,30,34-35,37,46H,15-24,26-29H2,1-9H3/t34-,35+,37-,39-,40-,41+,42+,43-,44-/m1/s1. The molecule has 0 spiro atoms. The molecule has 4 aliphatic rings. The molecule has 0 bridgehead atoms. The molecule has 0 radical (unpaired) electrons. The highest BCUT2D eigenvalue weighted by Crippen LogP contribution is 2.71. The van der Waals surface area contributed by atoms with E-state index in [-0.39, 0.29) is 70.3 Å². The summed E-state index contributed by atoms with van der Waals surface area (Å²) in [5.74, 6) is -0.0788. The Morgan fingerprint density at radius 3 is 2.20 bits per heavy atom. The third-order valence-corrected chi connectivity index (χ3v) is 15.0. The van der Waals surface area contributed by atoms with Crippen LogP contribution < -0.4 is 0 Å². The zero-order chi connectivity index (χ0) is 37.5. The molecule has 0 aliphatic heterocycles. The van der Waals surface area contributed by atoms with Crippen molar-refractivity contribution in [1.29, 1.82) is 0 Å². The van der Waals surface area contributed by atoms with Gasteiger partial charge in [-0.1, -0.05) is 84.4 Å². The Labute approximate surface area is 307 Å². The summed E-state index contributed by atoms with van der Waals surface area (Å²) in [6, 6.07) is 9.88. The molecule has 3 saturated carbocycles. The van der Waals surface area contributed by atoms with Crippen LogP contribution in [0, 0.1) is 50.2 Å². The van der Waals surface area contributed by atoms with Gasteiger partial charge in [-0.15, -0.1) is 0 Å². The second kappa shape index (κ2) is 14.7. The van der Waals surface area contributed by atoms with Crippen molar-refractivity contribution in [3.63, 3.8) is 0 Å².